The van der Waals surface area contributed by atoms with Crippen molar-refractivity contribution < 1.29 is 9.90 Å². The second kappa shape index (κ2) is 6.24. The zero-order chi connectivity index (χ0) is 12.1. The Balaban J connectivity index is 2.53. The van der Waals surface area contributed by atoms with Gasteiger partial charge in [-0.25, -0.2) is 0 Å². The summed E-state index contributed by atoms with van der Waals surface area (Å²) in [6.45, 7) is 4.34. The summed E-state index contributed by atoms with van der Waals surface area (Å²) in [7, 11) is 1.98. The largest absolute Gasteiger partial charge is 0.480 e. The Morgan fingerprint density at radius 2 is 1.94 bits per heavy atom. The van der Waals surface area contributed by atoms with E-state index in [1.807, 2.05) is 14.0 Å². The van der Waals surface area contributed by atoms with Crippen LogP contribution in [-0.4, -0.2) is 35.1 Å². The van der Waals surface area contributed by atoms with Crippen LogP contribution in [0.5, 0.6) is 0 Å². The summed E-state index contributed by atoms with van der Waals surface area (Å²) in [5.74, 6) is 0.155. The molecule has 1 unspecified atom stereocenters. The minimum absolute atomic E-state index is 0.289. The fraction of sp³-hybridized carbons (Fsp3) is 0.923. The summed E-state index contributed by atoms with van der Waals surface area (Å²) in [4.78, 5) is 13.3. The zero-order valence-corrected chi connectivity index (χ0v) is 10.8. The standard InChI is InChI=1S/C13H25NO2/c1-4-5-12(13(15)16)14(3)11-8-6-10(2)7-9-11/h10-12H,4-9H2,1-3H3,(H,15,16). The van der Waals surface area contributed by atoms with Crippen molar-refractivity contribution in [2.75, 3.05) is 7.05 Å². The van der Waals surface area contributed by atoms with Gasteiger partial charge in [0.05, 0.1) is 0 Å². The second-order valence-corrected chi connectivity index (χ2v) is 5.22. The SMILES string of the molecule is CCCC(C(=O)O)N(C)C1CCC(C)CC1. The zero-order valence-electron chi connectivity index (χ0n) is 10.8. The molecule has 0 saturated heterocycles. The maximum Gasteiger partial charge on any atom is 0.320 e. The highest BCUT2D eigenvalue weighted by Crippen LogP contribution is 2.28. The highest BCUT2D eigenvalue weighted by atomic mass is 16.4. The topological polar surface area (TPSA) is 40.5 Å². The molecule has 0 aromatic carbocycles. The van der Waals surface area contributed by atoms with Crippen LogP contribution in [0.4, 0.5) is 0 Å². The quantitative estimate of drug-likeness (QED) is 0.785. The molecule has 0 heterocycles. The third-order valence-corrected chi connectivity index (χ3v) is 3.90. The number of nitrogens with zero attached hydrogens (tertiary/aromatic N) is 1. The molecule has 3 heteroatoms. The molecule has 0 aromatic heterocycles. The normalized spacial score (nSPS) is 28.0. The molecule has 1 aliphatic carbocycles. The van der Waals surface area contributed by atoms with E-state index in [4.69, 9.17) is 0 Å². The average Bonchev–Trinajstić information content (AvgIpc) is 2.25. The predicted molar refractivity (Wildman–Crippen MR) is 65.5 cm³/mol. The average molecular weight is 227 g/mol. The number of likely N-dealkylation sites (N-methyl/N-ethyl adjacent to an activating group) is 1. The maximum absolute atomic E-state index is 11.2. The third-order valence-electron chi connectivity index (χ3n) is 3.90. The molecule has 0 radical (unpaired) electrons. The van der Waals surface area contributed by atoms with Crippen LogP contribution in [0, 0.1) is 5.92 Å². The molecule has 0 bridgehead atoms. The van der Waals surface area contributed by atoms with E-state index in [2.05, 4.69) is 11.8 Å². The van der Waals surface area contributed by atoms with E-state index < -0.39 is 5.97 Å². The van der Waals surface area contributed by atoms with Gasteiger partial charge >= 0.3 is 5.97 Å². The Morgan fingerprint density at radius 3 is 2.38 bits per heavy atom. The molecule has 1 rings (SSSR count). The maximum atomic E-state index is 11.2. The van der Waals surface area contributed by atoms with Crippen LogP contribution in [0.3, 0.4) is 0 Å². The Hall–Kier alpha value is -0.570. The lowest BCUT2D eigenvalue weighted by Crippen LogP contribution is -2.46. The molecule has 1 fully saturated rings. The van der Waals surface area contributed by atoms with Gasteiger partial charge in [0.2, 0.25) is 0 Å². The van der Waals surface area contributed by atoms with Crippen molar-refractivity contribution in [3.8, 4) is 0 Å². The summed E-state index contributed by atoms with van der Waals surface area (Å²) in [6.07, 6.45) is 6.50. The van der Waals surface area contributed by atoms with Gasteiger partial charge in [0, 0.05) is 6.04 Å². The second-order valence-electron chi connectivity index (χ2n) is 5.22. The smallest absolute Gasteiger partial charge is 0.320 e. The minimum atomic E-state index is -0.664. The van der Waals surface area contributed by atoms with Crippen LogP contribution in [0.1, 0.15) is 52.4 Å². The van der Waals surface area contributed by atoms with Crippen LogP contribution >= 0.6 is 0 Å². The highest BCUT2D eigenvalue weighted by molar-refractivity contribution is 5.73. The molecule has 1 aliphatic rings. The molecule has 0 spiro atoms. The van der Waals surface area contributed by atoms with E-state index in [1.54, 1.807) is 0 Å². The molecule has 3 nitrogen and oxygen atoms in total. The van der Waals surface area contributed by atoms with E-state index in [9.17, 15) is 9.90 Å². The van der Waals surface area contributed by atoms with E-state index in [-0.39, 0.29) is 6.04 Å². The van der Waals surface area contributed by atoms with Crippen molar-refractivity contribution in [2.24, 2.45) is 5.92 Å². The lowest BCUT2D eigenvalue weighted by atomic mass is 9.86. The summed E-state index contributed by atoms with van der Waals surface area (Å²) >= 11 is 0. The van der Waals surface area contributed by atoms with Crippen LogP contribution in [-0.2, 0) is 4.79 Å². The van der Waals surface area contributed by atoms with Gasteiger partial charge in [-0.3, -0.25) is 9.69 Å². The van der Waals surface area contributed by atoms with Gasteiger partial charge in [-0.2, -0.15) is 0 Å². The molecule has 0 aliphatic heterocycles. The third kappa shape index (κ3) is 3.48. The van der Waals surface area contributed by atoms with Crippen LogP contribution in [0.25, 0.3) is 0 Å². The predicted octanol–water partition coefficient (Wildman–Crippen LogP) is 2.75. The molecule has 1 N–H and O–H groups in total. The molecular weight excluding hydrogens is 202 g/mol. The fourth-order valence-electron chi connectivity index (χ4n) is 2.68. The molecule has 0 aromatic rings. The molecule has 94 valence electrons. The number of aliphatic carboxylic acids is 1. The van der Waals surface area contributed by atoms with Crippen molar-refractivity contribution in [3.63, 3.8) is 0 Å². The van der Waals surface area contributed by atoms with Crippen LogP contribution in [0.2, 0.25) is 0 Å². The summed E-state index contributed by atoms with van der Waals surface area (Å²) < 4.78 is 0. The minimum Gasteiger partial charge on any atom is -0.480 e. The van der Waals surface area contributed by atoms with Gasteiger partial charge in [0.25, 0.3) is 0 Å². The monoisotopic (exact) mass is 227 g/mol. The first-order chi connectivity index (χ1) is 7.56. The first kappa shape index (κ1) is 13.5. The lowest BCUT2D eigenvalue weighted by molar-refractivity contribution is -0.144. The van der Waals surface area contributed by atoms with Crippen molar-refractivity contribution in [1.29, 1.82) is 0 Å². The van der Waals surface area contributed by atoms with Crippen LogP contribution in [0.15, 0.2) is 0 Å². The number of carboxylic acid groups (broad SMARTS) is 1. The number of rotatable bonds is 5. The number of hydrogen-bond acceptors (Lipinski definition) is 2. The van der Waals surface area contributed by atoms with Crippen molar-refractivity contribution in [2.45, 2.75) is 64.5 Å². The van der Waals surface area contributed by atoms with Crippen molar-refractivity contribution >= 4 is 5.97 Å². The van der Waals surface area contributed by atoms with E-state index >= 15 is 0 Å². The Bertz CT molecular complexity index is 222. The van der Waals surface area contributed by atoms with Gasteiger partial charge < -0.3 is 5.11 Å². The van der Waals surface area contributed by atoms with Gasteiger partial charge in [-0.1, -0.05) is 20.3 Å². The van der Waals surface area contributed by atoms with Gasteiger partial charge in [-0.15, -0.1) is 0 Å². The van der Waals surface area contributed by atoms with E-state index in [0.29, 0.717) is 6.04 Å². The van der Waals surface area contributed by atoms with Crippen molar-refractivity contribution in [1.82, 2.24) is 4.90 Å². The number of carboxylic acids is 1. The Morgan fingerprint density at radius 1 is 1.38 bits per heavy atom. The summed E-state index contributed by atoms with van der Waals surface area (Å²) in [6, 6.07) is 0.187. The first-order valence-corrected chi connectivity index (χ1v) is 6.51. The van der Waals surface area contributed by atoms with Gasteiger partial charge in [0.15, 0.2) is 0 Å². The highest BCUT2D eigenvalue weighted by Gasteiger charge is 2.29. The molecule has 1 atom stereocenters. The molecule has 16 heavy (non-hydrogen) atoms. The van der Waals surface area contributed by atoms with Crippen molar-refractivity contribution in [3.05, 3.63) is 0 Å². The molecule has 1 saturated carbocycles. The first-order valence-electron chi connectivity index (χ1n) is 6.51. The summed E-state index contributed by atoms with van der Waals surface area (Å²) in [5.41, 5.74) is 0. The Kier molecular flexibility index (Phi) is 5.26. The molecule has 0 amide bonds. The van der Waals surface area contributed by atoms with E-state index in [1.165, 1.54) is 12.8 Å². The number of hydrogen-bond donors (Lipinski definition) is 1. The summed E-state index contributed by atoms with van der Waals surface area (Å²) in [5, 5.41) is 9.22. The molecular formula is C13H25NO2. The van der Waals surface area contributed by atoms with Crippen LogP contribution < -0.4 is 0 Å². The van der Waals surface area contributed by atoms with Gasteiger partial charge in [0.1, 0.15) is 6.04 Å². The Labute approximate surface area is 98.8 Å². The van der Waals surface area contributed by atoms with E-state index in [0.717, 1.165) is 31.6 Å². The number of carbonyl (C=O) groups is 1. The lowest BCUT2D eigenvalue weighted by Gasteiger charge is -2.36. The fourth-order valence-corrected chi connectivity index (χ4v) is 2.68. The van der Waals surface area contributed by atoms with Gasteiger partial charge in [-0.05, 0) is 45.1 Å².